The number of amides is 2. The summed E-state index contributed by atoms with van der Waals surface area (Å²) in [5.74, 6) is 0.256. The zero-order chi connectivity index (χ0) is 26.7. The maximum atomic E-state index is 12.8. The smallest absolute Gasteiger partial charge is 0.410 e. The summed E-state index contributed by atoms with van der Waals surface area (Å²) in [7, 11) is 0. The van der Waals surface area contributed by atoms with Crippen molar-refractivity contribution in [2.75, 3.05) is 31.5 Å². The van der Waals surface area contributed by atoms with Crippen molar-refractivity contribution in [1.82, 2.24) is 14.8 Å². The SMILES string of the molecule is CC(C)(C)OC(=O)N1CCN(Cc2cccc3nc(-c4ccccc4NC(=O)c4ccccc4)oc23)CC1. The molecule has 0 bridgehead atoms. The van der Waals surface area contributed by atoms with Crippen LogP contribution in [0.1, 0.15) is 36.7 Å². The Morgan fingerprint density at radius 2 is 1.63 bits per heavy atom. The van der Waals surface area contributed by atoms with Gasteiger partial charge in [-0.3, -0.25) is 9.69 Å². The number of nitrogens with zero attached hydrogens (tertiary/aromatic N) is 3. The van der Waals surface area contributed by atoms with Crippen LogP contribution in [0.2, 0.25) is 0 Å². The minimum absolute atomic E-state index is 0.194. The molecule has 38 heavy (non-hydrogen) atoms. The van der Waals surface area contributed by atoms with E-state index in [1.807, 2.05) is 81.4 Å². The lowest BCUT2D eigenvalue weighted by atomic mass is 10.1. The number of aromatic nitrogens is 1. The van der Waals surface area contributed by atoms with E-state index < -0.39 is 5.60 Å². The third-order valence-electron chi connectivity index (χ3n) is 6.36. The number of ether oxygens (including phenoxy) is 1. The van der Waals surface area contributed by atoms with Gasteiger partial charge in [-0.2, -0.15) is 0 Å². The molecular weight excluding hydrogens is 480 g/mol. The van der Waals surface area contributed by atoms with Crippen molar-refractivity contribution >= 4 is 28.8 Å². The maximum absolute atomic E-state index is 12.8. The van der Waals surface area contributed by atoms with Crippen LogP contribution in [0.3, 0.4) is 0 Å². The van der Waals surface area contributed by atoms with E-state index in [4.69, 9.17) is 14.1 Å². The number of para-hydroxylation sites is 2. The number of benzene rings is 3. The highest BCUT2D eigenvalue weighted by atomic mass is 16.6. The molecule has 5 rings (SSSR count). The van der Waals surface area contributed by atoms with Gasteiger partial charge in [0.1, 0.15) is 11.1 Å². The van der Waals surface area contributed by atoms with E-state index in [0.717, 1.165) is 29.8 Å². The second-order valence-corrected chi connectivity index (χ2v) is 10.4. The van der Waals surface area contributed by atoms with Gasteiger partial charge in [-0.05, 0) is 51.1 Å². The number of fused-ring (bicyclic) bond motifs is 1. The Bertz CT molecular complexity index is 1430. The molecule has 1 aliphatic rings. The van der Waals surface area contributed by atoms with E-state index in [1.54, 1.807) is 17.0 Å². The molecule has 1 aliphatic heterocycles. The van der Waals surface area contributed by atoms with Crippen molar-refractivity contribution in [3.05, 3.63) is 83.9 Å². The highest BCUT2D eigenvalue weighted by molar-refractivity contribution is 6.06. The number of carbonyl (C=O) groups excluding carboxylic acids is 2. The number of anilines is 1. The summed E-state index contributed by atoms with van der Waals surface area (Å²) in [6.45, 7) is 9.02. The van der Waals surface area contributed by atoms with Gasteiger partial charge in [0.2, 0.25) is 5.89 Å². The molecule has 8 heteroatoms. The zero-order valence-corrected chi connectivity index (χ0v) is 21.9. The topological polar surface area (TPSA) is 87.9 Å². The summed E-state index contributed by atoms with van der Waals surface area (Å²) in [6.07, 6.45) is -0.267. The number of rotatable bonds is 5. The van der Waals surface area contributed by atoms with Gasteiger partial charge < -0.3 is 19.4 Å². The van der Waals surface area contributed by atoms with Crippen molar-refractivity contribution < 1.29 is 18.7 Å². The fraction of sp³-hybridized carbons (Fsp3) is 0.300. The van der Waals surface area contributed by atoms with Gasteiger partial charge >= 0.3 is 6.09 Å². The summed E-state index contributed by atoms with van der Waals surface area (Å²) in [5.41, 5.74) is 3.93. The highest BCUT2D eigenvalue weighted by Crippen LogP contribution is 2.32. The van der Waals surface area contributed by atoms with Gasteiger partial charge in [-0.25, -0.2) is 9.78 Å². The second-order valence-electron chi connectivity index (χ2n) is 10.4. The van der Waals surface area contributed by atoms with Crippen LogP contribution in [0.5, 0.6) is 0 Å². The molecule has 4 aromatic rings. The Kier molecular flexibility index (Phi) is 7.15. The minimum Gasteiger partial charge on any atom is -0.444 e. The third kappa shape index (κ3) is 5.86. The molecule has 1 N–H and O–H groups in total. The van der Waals surface area contributed by atoms with Crippen molar-refractivity contribution in [2.24, 2.45) is 0 Å². The molecule has 1 saturated heterocycles. The molecule has 3 aromatic carbocycles. The molecule has 0 unspecified atom stereocenters. The van der Waals surface area contributed by atoms with E-state index in [0.29, 0.717) is 42.3 Å². The van der Waals surface area contributed by atoms with Gasteiger partial charge in [0, 0.05) is 43.9 Å². The first-order valence-corrected chi connectivity index (χ1v) is 12.8. The standard InChI is InChI=1S/C30H32N4O4/c1-30(2,3)38-29(36)34-18-16-33(17-19-34)20-22-12-9-15-25-26(22)37-28(32-25)23-13-7-8-14-24(23)31-27(35)21-10-5-4-6-11-21/h4-15H,16-20H2,1-3H3,(H,31,35). The van der Waals surface area contributed by atoms with Crippen LogP contribution >= 0.6 is 0 Å². The summed E-state index contributed by atoms with van der Waals surface area (Å²) in [5, 5.41) is 2.99. The van der Waals surface area contributed by atoms with Crippen LogP contribution in [0.4, 0.5) is 10.5 Å². The fourth-order valence-electron chi connectivity index (χ4n) is 4.46. The van der Waals surface area contributed by atoms with Crippen molar-refractivity contribution in [3.8, 4) is 11.5 Å². The first kappa shape index (κ1) is 25.5. The lowest BCUT2D eigenvalue weighted by molar-refractivity contribution is 0.0139. The molecule has 2 amide bonds. The second kappa shape index (κ2) is 10.7. The van der Waals surface area contributed by atoms with E-state index in [-0.39, 0.29) is 12.0 Å². The molecule has 0 radical (unpaired) electrons. The number of hydrogen-bond acceptors (Lipinski definition) is 6. The van der Waals surface area contributed by atoms with E-state index in [9.17, 15) is 9.59 Å². The summed E-state index contributed by atoms with van der Waals surface area (Å²) in [4.78, 5) is 34.0. The van der Waals surface area contributed by atoms with Crippen LogP contribution in [-0.4, -0.2) is 58.6 Å². The van der Waals surface area contributed by atoms with Gasteiger partial charge in [0.25, 0.3) is 5.91 Å². The lowest BCUT2D eigenvalue weighted by Gasteiger charge is -2.35. The van der Waals surface area contributed by atoms with E-state index in [2.05, 4.69) is 10.2 Å². The normalized spacial score (nSPS) is 14.4. The van der Waals surface area contributed by atoms with Crippen LogP contribution < -0.4 is 5.32 Å². The molecule has 1 fully saturated rings. The molecule has 0 spiro atoms. The van der Waals surface area contributed by atoms with Crippen LogP contribution in [0, 0.1) is 0 Å². The predicted octanol–water partition coefficient (Wildman–Crippen LogP) is 5.80. The van der Waals surface area contributed by atoms with E-state index >= 15 is 0 Å². The monoisotopic (exact) mass is 512 g/mol. The lowest BCUT2D eigenvalue weighted by Crippen LogP contribution is -2.49. The summed E-state index contributed by atoms with van der Waals surface area (Å²) >= 11 is 0. The third-order valence-corrected chi connectivity index (χ3v) is 6.36. The molecule has 0 atom stereocenters. The molecule has 8 nitrogen and oxygen atoms in total. The number of carbonyl (C=O) groups is 2. The number of hydrogen-bond donors (Lipinski definition) is 1. The molecule has 1 aromatic heterocycles. The Balaban J connectivity index is 1.32. The van der Waals surface area contributed by atoms with Crippen molar-refractivity contribution in [1.29, 1.82) is 0 Å². The number of nitrogens with one attached hydrogen (secondary N) is 1. The van der Waals surface area contributed by atoms with Crippen LogP contribution in [0.25, 0.3) is 22.6 Å². The molecular formula is C30H32N4O4. The Hall–Kier alpha value is -4.17. The molecule has 0 aliphatic carbocycles. The van der Waals surface area contributed by atoms with Gasteiger partial charge in [-0.1, -0.05) is 42.5 Å². The van der Waals surface area contributed by atoms with Gasteiger partial charge in [-0.15, -0.1) is 0 Å². The Morgan fingerprint density at radius 1 is 0.921 bits per heavy atom. The van der Waals surface area contributed by atoms with Gasteiger partial charge in [0.05, 0.1) is 11.3 Å². The van der Waals surface area contributed by atoms with E-state index in [1.165, 1.54) is 0 Å². The zero-order valence-electron chi connectivity index (χ0n) is 21.9. The van der Waals surface area contributed by atoms with Crippen molar-refractivity contribution in [2.45, 2.75) is 32.9 Å². The predicted molar refractivity (Wildman–Crippen MR) is 147 cm³/mol. The summed E-state index contributed by atoms with van der Waals surface area (Å²) in [6, 6.07) is 22.5. The van der Waals surface area contributed by atoms with Crippen LogP contribution in [0.15, 0.2) is 77.2 Å². The Morgan fingerprint density at radius 3 is 2.37 bits per heavy atom. The average Bonchev–Trinajstić information content (AvgIpc) is 3.34. The quantitative estimate of drug-likeness (QED) is 0.364. The largest absolute Gasteiger partial charge is 0.444 e. The Labute approximate surface area is 222 Å². The minimum atomic E-state index is -0.503. The van der Waals surface area contributed by atoms with Gasteiger partial charge in [0.15, 0.2) is 5.58 Å². The molecule has 0 saturated carbocycles. The summed E-state index contributed by atoms with van der Waals surface area (Å²) < 4.78 is 11.8. The maximum Gasteiger partial charge on any atom is 0.410 e. The first-order chi connectivity index (χ1) is 18.3. The fourth-order valence-corrected chi connectivity index (χ4v) is 4.46. The average molecular weight is 513 g/mol. The first-order valence-electron chi connectivity index (χ1n) is 12.8. The number of piperazine rings is 1. The van der Waals surface area contributed by atoms with Crippen molar-refractivity contribution in [3.63, 3.8) is 0 Å². The molecule has 196 valence electrons. The molecule has 2 heterocycles. The van der Waals surface area contributed by atoms with Crippen LogP contribution in [-0.2, 0) is 11.3 Å². The highest BCUT2D eigenvalue weighted by Gasteiger charge is 2.26. The number of oxazole rings is 1.